The van der Waals surface area contributed by atoms with Gasteiger partial charge < -0.3 is 14.4 Å². The van der Waals surface area contributed by atoms with Crippen LogP contribution < -0.4 is 4.74 Å². The molecule has 0 saturated heterocycles. The summed E-state index contributed by atoms with van der Waals surface area (Å²) in [4.78, 5) is 16.6. The molecule has 1 N–H and O–H groups in total. The summed E-state index contributed by atoms with van der Waals surface area (Å²) in [6.07, 6.45) is 6.67. The van der Waals surface area contributed by atoms with Gasteiger partial charge in [0.2, 0.25) is 0 Å². The van der Waals surface area contributed by atoms with E-state index >= 15 is 0 Å². The highest BCUT2D eigenvalue weighted by molar-refractivity contribution is 6.31. The molecule has 0 amide bonds. The SMILES string of the molecule is CCCCc1ncc(C=C(Cc2ccc(OC)cc2)C(=O)O)n1Cc1ccccc1Cl. The van der Waals surface area contributed by atoms with Crippen molar-refractivity contribution in [1.82, 2.24) is 9.55 Å². The maximum Gasteiger partial charge on any atom is 0.331 e. The predicted molar refractivity (Wildman–Crippen MR) is 124 cm³/mol. The Morgan fingerprint density at radius 1 is 1.19 bits per heavy atom. The Kier molecular flexibility index (Phi) is 7.90. The third kappa shape index (κ3) is 5.98. The quantitative estimate of drug-likeness (QED) is 0.415. The molecular formula is C25H27ClN2O3. The molecule has 0 bridgehead atoms. The summed E-state index contributed by atoms with van der Waals surface area (Å²) >= 11 is 6.38. The van der Waals surface area contributed by atoms with E-state index in [1.807, 2.05) is 48.5 Å². The van der Waals surface area contributed by atoms with Crippen LogP contribution in [-0.2, 0) is 24.2 Å². The molecule has 3 rings (SSSR count). The van der Waals surface area contributed by atoms with Gasteiger partial charge in [0.15, 0.2) is 0 Å². The molecule has 5 nitrogen and oxygen atoms in total. The van der Waals surface area contributed by atoms with Crippen molar-refractivity contribution in [3.05, 3.63) is 88.0 Å². The minimum Gasteiger partial charge on any atom is -0.497 e. The van der Waals surface area contributed by atoms with Gasteiger partial charge in [-0.3, -0.25) is 0 Å². The third-order valence-corrected chi connectivity index (χ3v) is 5.53. The lowest BCUT2D eigenvalue weighted by Crippen LogP contribution is -2.09. The van der Waals surface area contributed by atoms with Crippen LogP contribution in [0.5, 0.6) is 5.75 Å². The lowest BCUT2D eigenvalue weighted by molar-refractivity contribution is -0.132. The second-order valence-electron chi connectivity index (χ2n) is 7.38. The largest absolute Gasteiger partial charge is 0.497 e. The Hall–Kier alpha value is -3.05. The van der Waals surface area contributed by atoms with Crippen LogP contribution in [0.4, 0.5) is 0 Å². The fourth-order valence-electron chi connectivity index (χ4n) is 3.39. The Bertz CT molecular complexity index is 1050. The van der Waals surface area contributed by atoms with Crippen LogP contribution >= 0.6 is 11.6 Å². The number of aryl methyl sites for hydroxylation is 1. The maximum absolute atomic E-state index is 12.0. The molecule has 0 aliphatic rings. The van der Waals surface area contributed by atoms with Crippen LogP contribution in [0.15, 0.2) is 60.3 Å². The molecule has 0 fully saturated rings. The standard InChI is InChI=1S/C25H27ClN2O3/c1-3-4-9-24-27-16-21(28(24)17-19-7-5-6-8-23(19)26)15-20(25(29)30)14-18-10-12-22(31-2)13-11-18/h5-8,10-13,15-16H,3-4,9,14,17H2,1-2H3,(H,29,30). The van der Waals surface area contributed by atoms with Crippen LogP contribution in [0.3, 0.4) is 0 Å². The monoisotopic (exact) mass is 438 g/mol. The van der Waals surface area contributed by atoms with Gasteiger partial charge in [-0.15, -0.1) is 0 Å². The average molecular weight is 439 g/mol. The van der Waals surface area contributed by atoms with Crippen molar-refractivity contribution >= 4 is 23.6 Å². The van der Waals surface area contributed by atoms with E-state index in [2.05, 4.69) is 16.5 Å². The molecule has 3 aromatic rings. The molecule has 1 heterocycles. The van der Waals surface area contributed by atoms with Gasteiger partial charge in [-0.1, -0.05) is 55.3 Å². The highest BCUT2D eigenvalue weighted by Crippen LogP contribution is 2.22. The minimum atomic E-state index is -0.948. The average Bonchev–Trinajstić information content (AvgIpc) is 3.14. The highest BCUT2D eigenvalue weighted by atomic mass is 35.5. The number of carboxylic acids is 1. The summed E-state index contributed by atoms with van der Waals surface area (Å²) in [6.45, 7) is 2.68. The number of ether oxygens (including phenoxy) is 1. The molecule has 0 unspecified atom stereocenters. The van der Waals surface area contributed by atoms with E-state index in [9.17, 15) is 9.90 Å². The van der Waals surface area contributed by atoms with E-state index in [0.29, 0.717) is 23.6 Å². The van der Waals surface area contributed by atoms with Gasteiger partial charge in [-0.25, -0.2) is 9.78 Å². The van der Waals surface area contributed by atoms with Crippen LogP contribution in [-0.4, -0.2) is 27.7 Å². The van der Waals surface area contributed by atoms with Gasteiger partial charge in [0, 0.05) is 23.4 Å². The Balaban J connectivity index is 1.95. The normalized spacial score (nSPS) is 11.5. The number of rotatable bonds is 10. The van der Waals surface area contributed by atoms with Gasteiger partial charge in [0.05, 0.1) is 25.5 Å². The molecule has 162 valence electrons. The number of aromatic nitrogens is 2. The molecule has 31 heavy (non-hydrogen) atoms. The number of imidazole rings is 1. The number of carboxylic acid groups (broad SMARTS) is 1. The Labute approximate surface area is 188 Å². The number of benzene rings is 2. The molecule has 6 heteroatoms. The van der Waals surface area contributed by atoms with Gasteiger partial charge in [0.25, 0.3) is 0 Å². The number of aliphatic carboxylic acids is 1. The van der Waals surface area contributed by atoms with Gasteiger partial charge >= 0.3 is 5.97 Å². The van der Waals surface area contributed by atoms with Crippen LogP contribution in [0.1, 0.15) is 42.4 Å². The van der Waals surface area contributed by atoms with E-state index in [0.717, 1.165) is 47.7 Å². The lowest BCUT2D eigenvalue weighted by Gasteiger charge is -2.12. The molecule has 0 radical (unpaired) electrons. The summed E-state index contributed by atoms with van der Waals surface area (Å²) in [5.74, 6) is 0.724. The molecule has 2 aromatic carbocycles. The van der Waals surface area contributed by atoms with E-state index in [4.69, 9.17) is 16.3 Å². The first-order valence-corrected chi connectivity index (χ1v) is 10.7. The number of halogens is 1. The Morgan fingerprint density at radius 2 is 1.94 bits per heavy atom. The van der Waals surface area contributed by atoms with Crippen molar-refractivity contribution in [2.45, 2.75) is 39.2 Å². The molecule has 0 spiro atoms. The number of methoxy groups -OCH3 is 1. The van der Waals surface area contributed by atoms with Gasteiger partial charge in [-0.05, 0) is 41.8 Å². The van der Waals surface area contributed by atoms with Crippen LogP contribution in [0.2, 0.25) is 5.02 Å². The van der Waals surface area contributed by atoms with Gasteiger partial charge in [0.1, 0.15) is 11.6 Å². The van der Waals surface area contributed by atoms with Crippen molar-refractivity contribution in [3.63, 3.8) is 0 Å². The molecule has 0 aliphatic heterocycles. The first-order chi connectivity index (χ1) is 15.0. The van der Waals surface area contributed by atoms with Crippen molar-refractivity contribution in [2.24, 2.45) is 0 Å². The topological polar surface area (TPSA) is 64.3 Å². The molecule has 0 aliphatic carbocycles. The van der Waals surface area contributed by atoms with Crippen molar-refractivity contribution in [2.75, 3.05) is 7.11 Å². The summed E-state index contributed by atoms with van der Waals surface area (Å²) in [5.41, 5.74) is 2.93. The number of carbonyl (C=O) groups is 1. The highest BCUT2D eigenvalue weighted by Gasteiger charge is 2.14. The zero-order valence-electron chi connectivity index (χ0n) is 17.8. The number of nitrogens with zero attached hydrogens (tertiary/aromatic N) is 2. The molecule has 0 atom stereocenters. The first kappa shape index (κ1) is 22.6. The number of hydrogen-bond donors (Lipinski definition) is 1. The third-order valence-electron chi connectivity index (χ3n) is 5.16. The predicted octanol–water partition coefficient (Wildman–Crippen LogP) is 5.65. The summed E-state index contributed by atoms with van der Waals surface area (Å²) in [6, 6.07) is 15.1. The van der Waals surface area contributed by atoms with Crippen molar-refractivity contribution in [1.29, 1.82) is 0 Å². The lowest BCUT2D eigenvalue weighted by atomic mass is 10.0. The van der Waals surface area contributed by atoms with E-state index in [-0.39, 0.29) is 0 Å². The summed E-state index contributed by atoms with van der Waals surface area (Å²) in [7, 11) is 1.61. The maximum atomic E-state index is 12.0. The van der Waals surface area contributed by atoms with Crippen LogP contribution in [0.25, 0.3) is 6.08 Å². The summed E-state index contributed by atoms with van der Waals surface area (Å²) in [5, 5.41) is 10.5. The fourth-order valence-corrected chi connectivity index (χ4v) is 3.58. The zero-order valence-corrected chi connectivity index (χ0v) is 18.6. The second-order valence-corrected chi connectivity index (χ2v) is 7.79. The van der Waals surface area contributed by atoms with E-state index < -0.39 is 5.97 Å². The Morgan fingerprint density at radius 3 is 2.58 bits per heavy atom. The van der Waals surface area contributed by atoms with Crippen molar-refractivity contribution < 1.29 is 14.6 Å². The van der Waals surface area contributed by atoms with E-state index in [1.165, 1.54) is 0 Å². The second kappa shape index (κ2) is 10.8. The molecular weight excluding hydrogens is 412 g/mol. The first-order valence-electron chi connectivity index (χ1n) is 10.4. The smallest absolute Gasteiger partial charge is 0.331 e. The van der Waals surface area contributed by atoms with E-state index in [1.54, 1.807) is 19.4 Å². The molecule has 0 saturated carbocycles. The number of unbranched alkanes of at least 4 members (excludes halogenated alkanes) is 1. The summed E-state index contributed by atoms with van der Waals surface area (Å²) < 4.78 is 7.24. The van der Waals surface area contributed by atoms with Gasteiger partial charge in [-0.2, -0.15) is 0 Å². The van der Waals surface area contributed by atoms with Crippen LogP contribution in [0, 0.1) is 0 Å². The van der Waals surface area contributed by atoms with Crippen molar-refractivity contribution in [3.8, 4) is 5.75 Å². The number of hydrogen-bond acceptors (Lipinski definition) is 3. The molecule has 1 aromatic heterocycles. The fraction of sp³-hybridized carbons (Fsp3) is 0.280. The minimum absolute atomic E-state index is 0.299. The zero-order chi connectivity index (χ0) is 22.2.